The molecule has 128 valence electrons. The molecule has 2 heterocycles. The summed E-state index contributed by atoms with van der Waals surface area (Å²) < 4.78 is 16.7. The molecule has 5 nitrogen and oxygen atoms in total. The Bertz CT molecular complexity index is 526. The first kappa shape index (κ1) is 16.6. The minimum Gasteiger partial charge on any atom is -0.497 e. The summed E-state index contributed by atoms with van der Waals surface area (Å²) in [6, 6.07) is 5.96. The molecule has 3 rings (SSSR count). The second-order valence-electron chi connectivity index (χ2n) is 6.53. The first-order chi connectivity index (χ1) is 11.2. The van der Waals surface area contributed by atoms with Crippen molar-refractivity contribution in [3.05, 3.63) is 23.8 Å². The fraction of sp³-hybridized carbons (Fsp3) is 0.667. The van der Waals surface area contributed by atoms with Crippen molar-refractivity contribution in [3.8, 4) is 11.5 Å². The fourth-order valence-corrected chi connectivity index (χ4v) is 3.70. The van der Waals surface area contributed by atoms with E-state index < -0.39 is 0 Å². The number of ether oxygens (including phenoxy) is 3. The largest absolute Gasteiger partial charge is 0.497 e. The lowest BCUT2D eigenvalue weighted by molar-refractivity contribution is -0.177. The van der Waals surface area contributed by atoms with Crippen LogP contribution >= 0.6 is 0 Å². The predicted molar refractivity (Wildman–Crippen MR) is 88.0 cm³/mol. The van der Waals surface area contributed by atoms with Gasteiger partial charge in [-0.05, 0) is 31.7 Å². The van der Waals surface area contributed by atoms with Crippen LogP contribution in [0.4, 0.5) is 0 Å². The number of piperidine rings is 1. The molecule has 2 fully saturated rings. The van der Waals surface area contributed by atoms with Crippen molar-refractivity contribution in [2.45, 2.75) is 43.9 Å². The summed E-state index contributed by atoms with van der Waals surface area (Å²) in [5, 5.41) is 10.3. The van der Waals surface area contributed by atoms with Gasteiger partial charge < -0.3 is 19.3 Å². The molecule has 1 aromatic rings. The molecule has 1 spiro atoms. The highest BCUT2D eigenvalue weighted by atomic mass is 16.5. The maximum absolute atomic E-state index is 10.3. The van der Waals surface area contributed by atoms with E-state index in [2.05, 4.69) is 11.0 Å². The van der Waals surface area contributed by atoms with Gasteiger partial charge in [0.25, 0.3) is 0 Å². The Morgan fingerprint density at radius 3 is 2.70 bits per heavy atom. The van der Waals surface area contributed by atoms with Gasteiger partial charge in [0.1, 0.15) is 11.5 Å². The van der Waals surface area contributed by atoms with E-state index in [-0.39, 0.29) is 11.7 Å². The van der Waals surface area contributed by atoms with Gasteiger partial charge in [-0.3, -0.25) is 4.90 Å². The van der Waals surface area contributed by atoms with Crippen molar-refractivity contribution in [2.75, 3.05) is 33.9 Å². The minimum atomic E-state index is -0.311. The van der Waals surface area contributed by atoms with Crippen molar-refractivity contribution >= 4 is 0 Å². The zero-order valence-corrected chi connectivity index (χ0v) is 14.1. The maximum Gasteiger partial charge on any atom is 0.127 e. The van der Waals surface area contributed by atoms with Gasteiger partial charge in [-0.1, -0.05) is 6.07 Å². The fourth-order valence-electron chi connectivity index (χ4n) is 3.70. The normalized spacial score (nSPS) is 24.6. The number of methoxy groups -OCH3 is 2. The summed E-state index contributed by atoms with van der Waals surface area (Å²) in [5.41, 5.74) is 0.855. The molecular formula is C18H27NO4. The van der Waals surface area contributed by atoms with Crippen LogP contribution in [0.5, 0.6) is 11.5 Å². The molecule has 2 saturated heterocycles. The van der Waals surface area contributed by atoms with Crippen molar-refractivity contribution in [1.29, 1.82) is 0 Å². The number of aliphatic hydroxyl groups is 1. The Morgan fingerprint density at radius 1 is 1.26 bits per heavy atom. The highest BCUT2D eigenvalue weighted by Gasteiger charge is 2.43. The van der Waals surface area contributed by atoms with Gasteiger partial charge in [-0.15, -0.1) is 0 Å². The Balaban J connectivity index is 1.62. The number of likely N-dealkylation sites (tertiary alicyclic amines) is 1. The standard InChI is InChI=1S/C18H27NO4/c1-21-15-6-5-14(16(12-15)22-2)13-19-9-7-18(8-10-19)17(20)4-3-11-23-18/h5-6,12,17,20H,3-4,7-11,13H2,1-2H3/t17-/m0/s1. The molecule has 5 heteroatoms. The summed E-state index contributed by atoms with van der Waals surface area (Å²) in [6.45, 7) is 3.50. The van der Waals surface area contributed by atoms with Gasteiger partial charge in [0, 0.05) is 37.9 Å². The van der Waals surface area contributed by atoms with Gasteiger partial charge >= 0.3 is 0 Å². The van der Waals surface area contributed by atoms with Crippen LogP contribution in [0, 0.1) is 0 Å². The number of hydrogen-bond acceptors (Lipinski definition) is 5. The van der Waals surface area contributed by atoms with E-state index in [1.807, 2.05) is 12.1 Å². The molecule has 2 aliphatic heterocycles. The van der Waals surface area contributed by atoms with Gasteiger partial charge in [-0.2, -0.15) is 0 Å². The second kappa shape index (κ2) is 7.07. The van der Waals surface area contributed by atoms with Crippen LogP contribution in [0.1, 0.15) is 31.2 Å². The molecule has 1 atom stereocenters. The number of hydrogen-bond donors (Lipinski definition) is 1. The van der Waals surface area contributed by atoms with Crippen LogP contribution in [0.3, 0.4) is 0 Å². The third-order valence-electron chi connectivity index (χ3n) is 5.21. The molecule has 0 amide bonds. The molecule has 2 aliphatic rings. The zero-order chi connectivity index (χ0) is 16.3. The maximum atomic E-state index is 10.3. The average molecular weight is 321 g/mol. The highest BCUT2D eigenvalue weighted by molar-refractivity contribution is 5.40. The van der Waals surface area contributed by atoms with E-state index >= 15 is 0 Å². The highest BCUT2D eigenvalue weighted by Crippen LogP contribution is 2.36. The van der Waals surface area contributed by atoms with E-state index in [1.54, 1.807) is 14.2 Å². The van der Waals surface area contributed by atoms with E-state index in [4.69, 9.17) is 14.2 Å². The van der Waals surface area contributed by atoms with Gasteiger partial charge in [0.2, 0.25) is 0 Å². The molecule has 23 heavy (non-hydrogen) atoms. The lowest BCUT2D eigenvalue weighted by Gasteiger charge is -2.46. The number of rotatable bonds is 4. The SMILES string of the molecule is COc1ccc(CN2CCC3(CC2)OCCC[C@@H]3O)c(OC)c1. The predicted octanol–water partition coefficient (Wildman–Crippen LogP) is 2.21. The molecule has 0 bridgehead atoms. The number of nitrogens with zero attached hydrogens (tertiary/aromatic N) is 1. The smallest absolute Gasteiger partial charge is 0.127 e. The molecule has 0 radical (unpaired) electrons. The van der Waals surface area contributed by atoms with Crippen LogP contribution in [0.2, 0.25) is 0 Å². The quantitative estimate of drug-likeness (QED) is 0.921. The lowest BCUT2D eigenvalue weighted by atomic mass is 9.82. The topological polar surface area (TPSA) is 51.2 Å². The van der Waals surface area contributed by atoms with Crippen LogP contribution < -0.4 is 9.47 Å². The van der Waals surface area contributed by atoms with Crippen molar-refractivity contribution in [3.63, 3.8) is 0 Å². The molecule has 0 saturated carbocycles. The molecule has 1 aromatic carbocycles. The van der Waals surface area contributed by atoms with E-state index in [0.717, 1.165) is 69.0 Å². The first-order valence-corrected chi connectivity index (χ1v) is 8.42. The van der Waals surface area contributed by atoms with E-state index in [1.165, 1.54) is 0 Å². The van der Waals surface area contributed by atoms with E-state index in [0.29, 0.717) is 0 Å². The third kappa shape index (κ3) is 3.47. The van der Waals surface area contributed by atoms with Crippen LogP contribution in [-0.2, 0) is 11.3 Å². The van der Waals surface area contributed by atoms with Gasteiger partial charge in [0.15, 0.2) is 0 Å². The second-order valence-corrected chi connectivity index (χ2v) is 6.53. The molecule has 0 aromatic heterocycles. The Labute approximate surface area is 138 Å². The average Bonchev–Trinajstić information content (AvgIpc) is 2.60. The lowest BCUT2D eigenvalue weighted by Crippen LogP contribution is -2.55. The molecular weight excluding hydrogens is 294 g/mol. The van der Waals surface area contributed by atoms with Crippen molar-refractivity contribution in [1.82, 2.24) is 4.90 Å². The van der Waals surface area contributed by atoms with Crippen molar-refractivity contribution < 1.29 is 19.3 Å². The Morgan fingerprint density at radius 2 is 2.04 bits per heavy atom. The minimum absolute atomic E-state index is 0.307. The zero-order valence-electron chi connectivity index (χ0n) is 14.1. The molecule has 1 N–H and O–H groups in total. The first-order valence-electron chi connectivity index (χ1n) is 8.42. The summed E-state index contributed by atoms with van der Waals surface area (Å²) in [7, 11) is 3.35. The number of aliphatic hydroxyl groups excluding tert-OH is 1. The van der Waals surface area contributed by atoms with Gasteiger partial charge in [0.05, 0.1) is 25.9 Å². The summed E-state index contributed by atoms with van der Waals surface area (Å²) >= 11 is 0. The monoisotopic (exact) mass is 321 g/mol. The molecule has 0 aliphatic carbocycles. The van der Waals surface area contributed by atoms with Crippen LogP contribution in [0.25, 0.3) is 0 Å². The van der Waals surface area contributed by atoms with E-state index in [9.17, 15) is 5.11 Å². The van der Waals surface area contributed by atoms with Gasteiger partial charge in [-0.25, -0.2) is 0 Å². The Hall–Kier alpha value is -1.30. The number of benzene rings is 1. The summed E-state index contributed by atoms with van der Waals surface area (Å²) in [4.78, 5) is 2.40. The van der Waals surface area contributed by atoms with Crippen LogP contribution in [0.15, 0.2) is 18.2 Å². The summed E-state index contributed by atoms with van der Waals surface area (Å²) in [6.07, 6.45) is 3.32. The Kier molecular flexibility index (Phi) is 5.09. The summed E-state index contributed by atoms with van der Waals surface area (Å²) in [5.74, 6) is 1.67. The molecule has 0 unspecified atom stereocenters. The third-order valence-corrected chi connectivity index (χ3v) is 5.21. The van der Waals surface area contributed by atoms with Crippen molar-refractivity contribution in [2.24, 2.45) is 0 Å². The van der Waals surface area contributed by atoms with Crippen LogP contribution in [-0.4, -0.2) is 55.6 Å².